The number of amides is 1. The highest BCUT2D eigenvalue weighted by molar-refractivity contribution is 5.81. The molecule has 1 aliphatic rings. The van der Waals surface area contributed by atoms with Gasteiger partial charge in [0, 0.05) is 11.6 Å². The van der Waals surface area contributed by atoms with E-state index >= 15 is 0 Å². The third-order valence-corrected chi connectivity index (χ3v) is 3.79. The lowest BCUT2D eigenvalue weighted by molar-refractivity contribution is -0.124. The molecule has 0 heterocycles. The van der Waals surface area contributed by atoms with Crippen LogP contribution in [0.5, 0.6) is 0 Å². The monoisotopic (exact) mass is 274 g/mol. The van der Waals surface area contributed by atoms with Gasteiger partial charge in [-0.3, -0.25) is 4.79 Å². The minimum Gasteiger partial charge on any atom is -0.350 e. The zero-order valence-electron chi connectivity index (χ0n) is 12.9. The number of benzene rings is 1. The van der Waals surface area contributed by atoms with E-state index in [4.69, 9.17) is 0 Å². The van der Waals surface area contributed by atoms with Gasteiger partial charge in [0.2, 0.25) is 5.91 Å². The summed E-state index contributed by atoms with van der Waals surface area (Å²) in [6.45, 7) is 7.96. The van der Waals surface area contributed by atoms with Crippen LogP contribution in [0.25, 0.3) is 0 Å². The predicted molar refractivity (Wildman–Crippen MR) is 82.7 cm³/mol. The van der Waals surface area contributed by atoms with Crippen molar-refractivity contribution in [3.63, 3.8) is 0 Å². The first-order chi connectivity index (χ1) is 9.35. The van der Waals surface area contributed by atoms with Crippen LogP contribution in [0, 0.1) is 0 Å². The normalized spacial score (nSPS) is 23.8. The molecule has 0 aliphatic heterocycles. The van der Waals surface area contributed by atoms with E-state index in [2.05, 4.69) is 41.0 Å². The van der Waals surface area contributed by atoms with E-state index in [0.717, 1.165) is 12.8 Å². The molecule has 0 bridgehead atoms. The molecule has 0 spiro atoms. The fourth-order valence-electron chi connectivity index (χ4n) is 2.66. The van der Waals surface area contributed by atoms with Gasteiger partial charge in [0.15, 0.2) is 0 Å². The fourth-order valence-corrected chi connectivity index (χ4v) is 2.66. The summed E-state index contributed by atoms with van der Waals surface area (Å²) in [6.07, 6.45) is 2.24. The van der Waals surface area contributed by atoms with Crippen LogP contribution in [0.15, 0.2) is 30.3 Å². The molecule has 1 fully saturated rings. The smallest absolute Gasteiger partial charge is 0.237 e. The zero-order valence-corrected chi connectivity index (χ0v) is 12.9. The molecule has 3 nitrogen and oxygen atoms in total. The van der Waals surface area contributed by atoms with E-state index in [0.29, 0.717) is 12.0 Å². The second-order valence-corrected chi connectivity index (χ2v) is 6.90. The molecule has 3 heteroatoms. The van der Waals surface area contributed by atoms with E-state index in [1.54, 1.807) is 0 Å². The molecule has 1 amide bonds. The van der Waals surface area contributed by atoms with Gasteiger partial charge in [0.05, 0.1) is 6.04 Å². The Morgan fingerprint density at radius 3 is 2.35 bits per heavy atom. The van der Waals surface area contributed by atoms with Crippen molar-refractivity contribution in [1.82, 2.24) is 10.6 Å². The van der Waals surface area contributed by atoms with Gasteiger partial charge in [-0.1, -0.05) is 30.3 Å². The van der Waals surface area contributed by atoms with E-state index in [9.17, 15) is 4.79 Å². The average Bonchev–Trinajstić information content (AvgIpc) is 2.31. The van der Waals surface area contributed by atoms with Crippen LogP contribution < -0.4 is 10.6 Å². The summed E-state index contributed by atoms with van der Waals surface area (Å²) in [5.41, 5.74) is 1.25. The van der Waals surface area contributed by atoms with E-state index in [1.807, 2.05) is 27.7 Å². The van der Waals surface area contributed by atoms with Gasteiger partial charge >= 0.3 is 0 Å². The van der Waals surface area contributed by atoms with Gasteiger partial charge in [-0.05, 0) is 52.0 Å². The second kappa shape index (κ2) is 5.96. The Bertz CT molecular complexity index is 444. The van der Waals surface area contributed by atoms with Crippen LogP contribution in [0.4, 0.5) is 0 Å². The van der Waals surface area contributed by atoms with Crippen LogP contribution in [-0.4, -0.2) is 23.5 Å². The number of carbonyl (C=O) groups excluding carboxylic acids is 1. The molecule has 1 atom stereocenters. The molecular formula is C17H26N2O. The zero-order chi connectivity index (χ0) is 14.8. The maximum atomic E-state index is 12.0. The molecule has 110 valence electrons. The Morgan fingerprint density at radius 1 is 1.20 bits per heavy atom. The van der Waals surface area contributed by atoms with Crippen LogP contribution in [-0.2, 0) is 4.79 Å². The summed E-state index contributed by atoms with van der Waals surface area (Å²) in [4.78, 5) is 12.0. The van der Waals surface area contributed by atoms with Gasteiger partial charge in [-0.25, -0.2) is 0 Å². The molecule has 1 aliphatic carbocycles. The molecule has 0 radical (unpaired) electrons. The van der Waals surface area contributed by atoms with Crippen molar-refractivity contribution in [3.8, 4) is 0 Å². The molecular weight excluding hydrogens is 248 g/mol. The first-order valence-corrected chi connectivity index (χ1v) is 7.48. The van der Waals surface area contributed by atoms with Gasteiger partial charge in [-0.2, -0.15) is 0 Å². The minimum absolute atomic E-state index is 0.0839. The molecule has 1 unspecified atom stereocenters. The third-order valence-electron chi connectivity index (χ3n) is 3.79. The molecule has 2 rings (SSSR count). The standard InChI is InChI=1S/C17H26N2O/c1-12(16(20)19-17(2,3)4)18-15-10-14(11-15)13-8-6-5-7-9-13/h5-9,12,14-15,18H,10-11H2,1-4H3,(H,19,20). The first-order valence-electron chi connectivity index (χ1n) is 7.48. The van der Waals surface area contributed by atoms with Crippen molar-refractivity contribution in [2.45, 2.75) is 64.1 Å². The molecule has 20 heavy (non-hydrogen) atoms. The summed E-state index contributed by atoms with van der Waals surface area (Å²) in [7, 11) is 0. The highest BCUT2D eigenvalue weighted by atomic mass is 16.2. The quantitative estimate of drug-likeness (QED) is 0.886. The Labute approximate surface area is 122 Å². The lowest BCUT2D eigenvalue weighted by Gasteiger charge is -2.38. The predicted octanol–water partition coefficient (Wildman–Crippen LogP) is 2.83. The Hall–Kier alpha value is -1.35. The summed E-state index contributed by atoms with van der Waals surface area (Å²) in [5, 5.41) is 6.44. The Kier molecular flexibility index (Phi) is 4.48. The second-order valence-electron chi connectivity index (χ2n) is 6.90. The number of hydrogen-bond acceptors (Lipinski definition) is 2. The van der Waals surface area contributed by atoms with E-state index < -0.39 is 0 Å². The Morgan fingerprint density at radius 2 is 1.80 bits per heavy atom. The first kappa shape index (κ1) is 15.0. The molecule has 2 N–H and O–H groups in total. The third kappa shape index (κ3) is 4.07. The maximum Gasteiger partial charge on any atom is 0.237 e. The van der Waals surface area contributed by atoms with Gasteiger partial charge in [0.1, 0.15) is 0 Å². The van der Waals surface area contributed by atoms with Crippen molar-refractivity contribution in [3.05, 3.63) is 35.9 Å². The van der Waals surface area contributed by atoms with Crippen LogP contribution in [0.2, 0.25) is 0 Å². The van der Waals surface area contributed by atoms with Crippen LogP contribution in [0.1, 0.15) is 52.0 Å². The maximum absolute atomic E-state index is 12.0. The van der Waals surface area contributed by atoms with Crippen molar-refractivity contribution < 1.29 is 4.79 Å². The van der Waals surface area contributed by atoms with Gasteiger partial charge in [-0.15, -0.1) is 0 Å². The molecule has 1 saturated carbocycles. The molecule has 1 aromatic carbocycles. The number of carbonyl (C=O) groups is 1. The molecule has 0 saturated heterocycles. The van der Waals surface area contributed by atoms with Crippen molar-refractivity contribution in [1.29, 1.82) is 0 Å². The molecule has 1 aromatic rings. The number of nitrogens with one attached hydrogen (secondary N) is 2. The lowest BCUT2D eigenvalue weighted by Crippen LogP contribution is -2.54. The highest BCUT2D eigenvalue weighted by Gasteiger charge is 2.32. The summed E-state index contributed by atoms with van der Waals surface area (Å²) < 4.78 is 0. The number of rotatable bonds is 4. The number of hydrogen-bond donors (Lipinski definition) is 2. The lowest BCUT2D eigenvalue weighted by atomic mass is 9.75. The summed E-state index contributed by atoms with van der Waals surface area (Å²) in [6, 6.07) is 11.0. The highest BCUT2D eigenvalue weighted by Crippen LogP contribution is 2.36. The SMILES string of the molecule is CC(NC1CC(c2ccccc2)C1)C(=O)NC(C)(C)C. The fraction of sp³-hybridized carbons (Fsp3) is 0.588. The van der Waals surface area contributed by atoms with Gasteiger partial charge < -0.3 is 10.6 Å². The van der Waals surface area contributed by atoms with Crippen molar-refractivity contribution in [2.75, 3.05) is 0 Å². The van der Waals surface area contributed by atoms with Crippen LogP contribution in [0.3, 0.4) is 0 Å². The topological polar surface area (TPSA) is 41.1 Å². The van der Waals surface area contributed by atoms with Gasteiger partial charge in [0.25, 0.3) is 0 Å². The van der Waals surface area contributed by atoms with E-state index in [-0.39, 0.29) is 17.5 Å². The summed E-state index contributed by atoms with van der Waals surface area (Å²) >= 11 is 0. The van der Waals surface area contributed by atoms with E-state index in [1.165, 1.54) is 5.56 Å². The van der Waals surface area contributed by atoms with Crippen LogP contribution >= 0.6 is 0 Å². The average molecular weight is 274 g/mol. The molecule has 0 aromatic heterocycles. The minimum atomic E-state index is -0.167. The Balaban J connectivity index is 1.76. The largest absolute Gasteiger partial charge is 0.350 e. The van der Waals surface area contributed by atoms with Crippen molar-refractivity contribution >= 4 is 5.91 Å². The van der Waals surface area contributed by atoms with Crippen molar-refractivity contribution in [2.24, 2.45) is 0 Å². The summed E-state index contributed by atoms with van der Waals surface area (Å²) in [5.74, 6) is 0.729.